The van der Waals surface area contributed by atoms with E-state index < -0.39 is 11.9 Å². The second-order valence-corrected chi connectivity index (χ2v) is 9.12. The Hall–Kier alpha value is -3.65. The maximum atomic E-state index is 13.6. The van der Waals surface area contributed by atoms with Gasteiger partial charge in [0, 0.05) is 35.9 Å². The summed E-state index contributed by atoms with van der Waals surface area (Å²) < 4.78 is 2.27. The number of benzene rings is 2. The molecule has 1 aliphatic heterocycles. The molecule has 1 saturated heterocycles. The molecular weight excluding hydrogens is 440 g/mol. The molecule has 0 bridgehead atoms. The van der Waals surface area contributed by atoms with Crippen molar-refractivity contribution in [3.05, 3.63) is 71.4 Å². The van der Waals surface area contributed by atoms with Crippen molar-refractivity contribution in [2.45, 2.75) is 51.2 Å². The number of hydrogen-bond acceptors (Lipinski definition) is 4. The number of aromatic nitrogens is 1. The number of aryl methyl sites for hydroxylation is 2. The van der Waals surface area contributed by atoms with E-state index in [1.165, 1.54) is 5.69 Å². The number of hydrogen-bond donors (Lipinski definition) is 4. The monoisotopic (exact) mass is 474 g/mol. The Bertz CT molecular complexity index is 1220. The third kappa shape index (κ3) is 5.38. The second-order valence-electron chi connectivity index (χ2n) is 9.12. The first kappa shape index (κ1) is 24.5. The van der Waals surface area contributed by atoms with E-state index in [9.17, 15) is 9.59 Å². The number of fused-ring (bicyclic) bond motifs is 1. The van der Waals surface area contributed by atoms with Gasteiger partial charge in [-0.25, -0.2) is 0 Å². The zero-order valence-corrected chi connectivity index (χ0v) is 20.2. The molecule has 2 amide bonds. The molecule has 8 heteroatoms. The van der Waals surface area contributed by atoms with Crippen LogP contribution in [0.25, 0.3) is 10.9 Å². The number of nitrogens with two attached hydrogens (primary N) is 2. The highest BCUT2D eigenvalue weighted by Gasteiger charge is 2.33. The average molecular weight is 475 g/mol. The van der Waals surface area contributed by atoms with Gasteiger partial charge in [-0.1, -0.05) is 42.5 Å². The lowest BCUT2D eigenvalue weighted by molar-refractivity contribution is -0.134. The second kappa shape index (κ2) is 10.7. The minimum Gasteiger partial charge on any atom is -0.384 e. The summed E-state index contributed by atoms with van der Waals surface area (Å²) in [4.78, 5) is 27.0. The number of likely N-dealkylation sites (tertiary alicyclic amines) is 1. The summed E-state index contributed by atoms with van der Waals surface area (Å²) in [5.41, 5.74) is 14.9. The molecule has 0 spiro atoms. The van der Waals surface area contributed by atoms with Crippen LogP contribution in [0.1, 0.15) is 49.0 Å². The van der Waals surface area contributed by atoms with Gasteiger partial charge in [0.25, 0.3) is 0 Å². The van der Waals surface area contributed by atoms with Crippen LogP contribution >= 0.6 is 0 Å². The standard InChI is InChI=1S/C27H34N6O2/c1-2-32-22(15-19-10-11-20(26(29)30)16-23(19)32)13-12-21-9-6-14-33(21)27(35)25(31-17-24(28)34)18-7-4-3-5-8-18/h3-5,7-8,10-11,15-16,21,25,31H,2,6,9,12-14,17H2,1H3,(H2,28,34)(H3,29,30)/t21-,25+/m0/s1. The van der Waals surface area contributed by atoms with Crippen LogP contribution in [0, 0.1) is 5.41 Å². The van der Waals surface area contributed by atoms with E-state index in [-0.39, 0.29) is 24.3 Å². The van der Waals surface area contributed by atoms with E-state index in [1.807, 2.05) is 53.4 Å². The van der Waals surface area contributed by atoms with Crippen LogP contribution in [0.4, 0.5) is 0 Å². The van der Waals surface area contributed by atoms with Gasteiger partial charge in [0.15, 0.2) is 0 Å². The minimum absolute atomic E-state index is 0.0120. The first-order valence-corrected chi connectivity index (χ1v) is 12.2. The lowest BCUT2D eigenvalue weighted by atomic mass is 10.0. The van der Waals surface area contributed by atoms with Crippen molar-refractivity contribution in [3.8, 4) is 0 Å². The highest BCUT2D eigenvalue weighted by molar-refractivity contribution is 5.98. The van der Waals surface area contributed by atoms with E-state index >= 15 is 0 Å². The number of amidine groups is 1. The third-order valence-corrected chi connectivity index (χ3v) is 6.87. The van der Waals surface area contributed by atoms with Gasteiger partial charge in [-0.3, -0.25) is 20.3 Å². The molecule has 3 aromatic rings. The molecule has 2 heterocycles. The lowest BCUT2D eigenvalue weighted by Crippen LogP contribution is -2.45. The van der Waals surface area contributed by atoms with Crippen molar-refractivity contribution in [3.63, 3.8) is 0 Å². The van der Waals surface area contributed by atoms with Crippen molar-refractivity contribution >= 4 is 28.6 Å². The van der Waals surface area contributed by atoms with E-state index in [1.54, 1.807) is 0 Å². The van der Waals surface area contributed by atoms with Crippen molar-refractivity contribution in [1.82, 2.24) is 14.8 Å². The summed E-state index contributed by atoms with van der Waals surface area (Å²) >= 11 is 0. The highest BCUT2D eigenvalue weighted by atomic mass is 16.2. The number of carbonyl (C=O) groups excluding carboxylic acids is 2. The first-order valence-electron chi connectivity index (χ1n) is 12.2. The fraction of sp³-hybridized carbons (Fsp3) is 0.370. The Kier molecular flexibility index (Phi) is 7.51. The van der Waals surface area contributed by atoms with E-state index in [0.29, 0.717) is 6.54 Å². The molecule has 8 nitrogen and oxygen atoms in total. The minimum atomic E-state index is -0.601. The van der Waals surface area contributed by atoms with Crippen LogP contribution in [0.2, 0.25) is 0 Å². The summed E-state index contributed by atoms with van der Waals surface area (Å²) in [7, 11) is 0. The molecule has 0 unspecified atom stereocenters. The fourth-order valence-corrected chi connectivity index (χ4v) is 5.16. The van der Waals surface area contributed by atoms with Gasteiger partial charge in [-0.2, -0.15) is 0 Å². The maximum Gasteiger partial charge on any atom is 0.244 e. The van der Waals surface area contributed by atoms with Gasteiger partial charge in [0.2, 0.25) is 11.8 Å². The lowest BCUT2D eigenvalue weighted by Gasteiger charge is -2.29. The Morgan fingerprint density at radius 3 is 2.60 bits per heavy atom. The molecule has 2 atom stereocenters. The first-order chi connectivity index (χ1) is 16.9. The number of carbonyl (C=O) groups is 2. The molecule has 0 saturated carbocycles. The topological polar surface area (TPSA) is 130 Å². The third-order valence-electron chi connectivity index (χ3n) is 6.87. The van der Waals surface area contributed by atoms with Gasteiger partial charge >= 0.3 is 0 Å². The van der Waals surface area contributed by atoms with Crippen LogP contribution in [0.5, 0.6) is 0 Å². The molecule has 4 rings (SSSR count). The normalized spacial score (nSPS) is 16.5. The number of nitrogen functional groups attached to an aromatic ring is 1. The maximum absolute atomic E-state index is 13.6. The molecule has 0 aliphatic carbocycles. The number of amides is 2. The van der Waals surface area contributed by atoms with E-state index in [2.05, 4.69) is 22.9 Å². The number of nitrogens with one attached hydrogen (secondary N) is 2. The molecule has 35 heavy (non-hydrogen) atoms. The summed E-state index contributed by atoms with van der Waals surface area (Å²) in [6.45, 7) is 3.59. The summed E-state index contributed by atoms with van der Waals surface area (Å²) in [6, 6.07) is 17.1. The molecule has 6 N–H and O–H groups in total. The Morgan fingerprint density at radius 2 is 1.91 bits per heavy atom. The van der Waals surface area contributed by atoms with Crippen molar-refractivity contribution in [1.29, 1.82) is 5.41 Å². The Morgan fingerprint density at radius 1 is 1.14 bits per heavy atom. The summed E-state index contributed by atoms with van der Waals surface area (Å²) in [5.74, 6) is -0.436. The van der Waals surface area contributed by atoms with Crippen LogP contribution < -0.4 is 16.8 Å². The molecular formula is C27H34N6O2. The van der Waals surface area contributed by atoms with Gasteiger partial charge in [0.1, 0.15) is 11.9 Å². The summed E-state index contributed by atoms with van der Waals surface area (Å²) in [5, 5.41) is 11.9. The molecule has 1 aliphatic rings. The Balaban J connectivity index is 1.52. The molecule has 1 aromatic heterocycles. The van der Waals surface area contributed by atoms with Gasteiger partial charge in [-0.05, 0) is 55.7 Å². The predicted molar refractivity (Wildman–Crippen MR) is 138 cm³/mol. The Labute approximate surface area is 205 Å². The zero-order chi connectivity index (χ0) is 24.9. The molecule has 0 radical (unpaired) electrons. The zero-order valence-electron chi connectivity index (χ0n) is 20.2. The van der Waals surface area contributed by atoms with Gasteiger partial charge in [-0.15, -0.1) is 0 Å². The van der Waals surface area contributed by atoms with Crippen molar-refractivity contribution in [2.24, 2.45) is 11.5 Å². The van der Waals surface area contributed by atoms with Crippen molar-refractivity contribution in [2.75, 3.05) is 13.1 Å². The number of primary amides is 1. The van der Waals surface area contributed by atoms with Crippen LogP contribution in [-0.4, -0.2) is 46.2 Å². The largest absolute Gasteiger partial charge is 0.384 e. The predicted octanol–water partition coefficient (Wildman–Crippen LogP) is 2.69. The number of rotatable bonds is 10. The van der Waals surface area contributed by atoms with E-state index in [0.717, 1.165) is 54.3 Å². The van der Waals surface area contributed by atoms with Gasteiger partial charge in [0.05, 0.1) is 6.54 Å². The highest BCUT2D eigenvalue weighted by Crippen LogP contribution is 2.28. The quantitative estimate of drug-likeness (QED) is 0.266. The van der Waals surface area contributed by atoms with Crippen LogP contribution in [-0.2, 0) is 22.6 Å². The summed E-state index contributed by atoms with van der Waals surface area (Å²) in [6.07, 6.45) is 3.63. The van der Waals surface area contributed by atoms with Gasteiger partial charge < -0.3 is 20.9 Å². The smallest absolute Gasteiger partial charge is 0.244 e. The SMILES string of the molecule is CCn1c(CC[C@@H]2CCCN2C(=O)[C@H](NCC(N)=O)c2ccccc2)cc2ccc(C(=N)N)cc21. The fourth-order valence-electron chi connectivity index (χ4n) is 5.16. The number of nitrogens with zero attached hydrogens (tertiary/aromatic N) is 2. The van der Waals surface area contributed by atoms with Crippen LogP contribution in [0.3, 0.4) is 0 Å². The molecule has 2 aromatic carbocycles. The molecule has 1 fully saturated rings. The van der Waals surface area contributed by atoms with E-state index in [4.69, 9.17) is 16.9 Å². The van der Waals surface area contributed by atoms with Crippen molar-refractivity contribution < 1.29 is 9.59 Å². The molecule has 184 valence electrons. The average Bonchev–Trinajstić information content (AvgIpc) is 3.46. The van der Waals surface area contributed by atoms with Crippen LogP contribution in [0.15, 0.2) is 54.6 Å².